The van der Waals surface area contributed by atoms with E-state index in [0.29, 0.717) is 43.2 Å². The lowest BCUT2D eigenvalue weighted by Gasteiger charge is -2.41. The maximum atomic E-state index is 12.9. The van der Waals surface area contributed by atoms with Crippen LogP contribution in [0.4, 0.5) is 10.6 Å². The van der Waals surface area contributed by atoms with Crippen molar-refractivity contribution in [2.45, 2.75) is 44.9 Å². The van der Waals surface area contributed by atoms with Crippen LogP contribution in [-0.2, 0) is 11.3 Å². The number of benzene rings is 1. The highest BCUT2D eigenvalue weighted by atomic mass is 16.2. The quantitative estimate of drug-likeness (QED) is 0.531. The minimum atomic E-state index is -0.957. The van der Waals surface area contributed by atoms with Gasteiger partial charge in [-0.2, -0.15) is 4.98 Å². The molecule has 0 spiro atoms. The number of piperazine rings is 1. The van der Waals surface area contributed by atoms with Gasteiger partial charge in [0.05, 0.1) is 11.2 Å². The molecule has 5 rings (SSSR count). The van der Waals surface area contributed by atoms with Crippen molar-refractivity contribution < 1.29 is 9.59 Å². The zero-order valence-electron chi connectivity index (χ0n) is 21.6. The Hall–Kier alpha value is -3.28. The van der Waals surface area contributed by atoms with Crippen LogP contribution in [0.1, 0.15) is 26.3 Å². The van der Waals surface area contributed by atoms with Crippen LogP contribution in [-0.4, -0.2) is 86.5 Å². The van der Waals surface area contributed by atoms with E-state index in [1.807, 2.05) is 31.2 Å². The molecule has 2 aliphatic heterocycles. The Morgan fingerprint density at radius 1 is 1.08 bits per heavy atom. The summed E-state index contributed by atoms with van der Waals surface area (Å²) in [6.45, 7) is 9.37. The van der Waals surface area contributed by atoms with E-state index in [1.165, 1.54) is 10.1 Å². The van der Waals surface area contributed by atoms with Gasteiger partial charge in [-0.1, -0.05) is 12.1 Å². The van der Waals surface area contributed by atoms with Crippen LogP contribution in [0.25, 0.3) is 5.69 Å². The monoisotopic (exact) mass is 508 g/mol. The Labute approximate surface area is 216 Å². The van der Waals surface area contributed by atoms with Gasteiger partial charge in [-0.3, -0.25) is 19.6 Å². The summed E-state index contributed by atoms with van der Waals surface area (Å²) >= 11 is 0. The first-order valence-electron chi connectivity index (χ1n) is 12.8. The lowest BCUT2D eigenvalue weighted by molar-refractivity contribution is -0.138. The van der Waals surface area contributed by atoms with Crippen LogP contribution >= 0.6 is 0 Å². The van der Waals surface area contributed by atoms with Gasteiger partial charge in [0.1, 0.15) is 5.82 Å². The summed E-state index contributed by atoms with van der Waals surface area (Å²) in [5.74, 6) is 1.35. The Morgan fingerprint density at radius 2 is 1.76 bits per heavy atom. The summed E-state index contributed by atoms with van der Waals surface area (Å²) in [4.78, 5) is 47.9. The molecule has 11 heteroatoms. The summed E-state index contributed by atoms with van der Waals surface area (Å²) in [6.07, 6.45) is 1.61. The number of piperidine rings is 1. The maximum absolute atomic E-state index is 12.9. The van der Waals surface area contributed by atoms with Crippen molar-refractivity contribution in [2.75, 3.05) is 38.0 Å². The van der Waals surface area contributed by atoms with Gasteiger partial charge in [0.25, 0.3) is 0 Å². The fourth-order valence-electron chi connectivity index (χ4n) is 5.51. The van der Waals surface area contributed by atoms with Crippen molar-refractivity contribution in [1.29, 1.82) is 0 Å². The first kappa shape index (κ1) is 25.4. The van der Waals surface area contributed by atoms with Crippen molar-refractivity contribution in [3.05, 3.63) is 52.6 Å². The summed E-state index contributed by atoms with van der Waals surface area (Å²) in [7, 11) is 0. The highest BCUT2D eigenvalue weighted by Crippen LogP contribution is 2.44. The van der Waals surface area contributed by atoms with Gasteiger partial charge in [-0.15, -0.1) is 0 Å². The van der Waals surface area contributed by atoms with E-state index in [-0.39, 0.29) is 23.8 Å². The third-order valence-electron chi connectivity index (χ3n) is 7.72. The number of carbonyl (C=O) groups excluding carboxylic acids is 2. The molecule has 3 fully saturated rings. The molecule has 0 radical (unpaired) electrons. The van der Waals surface area contributed by atoms with Crippen molar-refractivity contribution in [2.24, 2.45) is 23.3 Å². The SMILES string of the molecule is C[C@H]1CN(C(=O)C(C)(C)N)CCN1C(=O)Nc1ccn(-c2ccc(CN3C[C@@H]4C(N)[C@@H]4C3)cc2)c(=O)n1. The van der Waals surface area contributed by atoms with Gasteiger partial charge in [0.2, 0.25) is 5.91 Å². The van der Waals surface area contributed by atoms with Crippen molar-refractivity contribution in [3.63, 3.8) is 0 Å². The Kier molecular flexibility index (Phi) is 6.55. The normalized spacial score (nSPS) is 25.6. The lowest BCUT2D eigenvalue weighted by atomic mass is 10.0. The zero-order valence-corrected chi connectivity index (χ0v) is 21.6. The van der Waals surface area contributed by atoms with Gasteiger partial charge in [0.15, 0.2) is 0 Å². The minimum absolute atomic E-state index is 0.144. The molecule has 37 heavy (non-hydrogen) atoms. The van der Waals surface area contributed by atoms with Gasteiger partial charge in [-0.05, 0) is 56.4 Å². The number of nitrogens with one attached hydrogen (secondary N) is 1. The number of urea groups is 1. The molecule has 3 amide bonds. The second kappa shape index (κ2) is 9.55. The van der Waals surface area contributed by atoms with E-state index >= 15 is 0 Å². The first-order valence-corrected chi connectivity index (χ1v) is 12.8. The van der Waals surface area contributed by atoms with Gasteiger partial charge in [-0.25, -0.2) is 9.59 Å². The van der Waals surface area contributed by atoms with Crippen LogP contribution in [0.15, 0.2) is 41.3 Å². The van der Waals surface area contributed by atoms with E-state index in [9.17, 15) is 14.4 Å². The summed E-state index contributed by atoms with van der Waals surface area (Å²) in [5, 5.41) is 2.72. The predicted octanol–water partition coefficient (Wildman–Crippen LogP) is 0.423. The molecule has 198 valence electrons. The molecule has 4 atom stereocenters. The standard InChI is InChI=1S/C26H36N8O3/c1-16-12-32(23(35)26(2,3)28)10-11-33(16)24(36)29-21-8-9-34(25(37)30-21)18-6-4-17(5-7-18)13-31-14-19-20(15-31)22(19)27/h4-9,16,19-20,22H,10-15,27-28H2,1-3H3,(H,29,30,36,37)/t16-,19-,20+,22?/m0/s1. The largest absolute Gasteiger partial charge is 0.354 e. The highest BCUT2D eigenvalue weighted by molar-refractivity contribution is 5.89. The Morgan fingerprint density at radius 3 is 2.35 bits per heavy atom. The van der Waals surface area contributed by atoms with E-state index in [0.717, 1.165) is 19.6 Å². The van der Waals surface area contributed by atoms with Crippen LogP contribution in [0.3, 0.4) is 0 Å². The molecule has 11 nitrogen and oxygen atoms in total. The average Bonchev–Trinajstić information content (AvgIpc) is 3.23. The molecule has 2 saturated heterocycles. The number of nitrogens with two attached hydrogens (primary N) is 2. The number of fused-ring (bicyclic) bond motifs is 1. The number of hydrogen-bond donors (Lipinski definition) is 3. The van der Waals surface area contributed by atoms with Crippen molar-refractivity contribution in [3.8, 4) is 5.69 Å². The minimum Gasteiger partial charge on any atom is -0.337 e. The number of anilines is 1. The smallest absolute Gasteiger partial charge is 0.337 e. The molecule has 1 unspecified atom stereocenters. The third kappa shape index (κ3) is 5.25. The predicted molar refractivity (Wildman–Crippen MR) is 140 cm³/mol. The molecule has 1 aromatic heterocycles. The molecule has 1 saturated carbocycles. The number of nitrogens with zero attached hydrogens (tertiary/aromatic N) is 5. The fourth-order valence-corrected chi connectivity index (χ4v) is 5.51. The maximum Gasteiger partial charge on any atom is 0.354 e. The molecule has 2 aromatic rings. The topological polar surface area (TPSA) is 143 Å². The van der Waals surface area contributed by atoms with Crippen LogP contribution < -0.4 is 22.5 Å². The van der Waals surface area contributed by atoms with Gasteiger partial charge >= 0.3 is 11.7 Å². The lowest BCUT2D eigenvalue weighted by Crippen LogP contribution is -2.61. The molecule has 0 bridgehead atoms. The van der Waals surface area contributed by atoms with Crippen LogP contribution in [0.5, 0.6) is 0 Å². The van der Waals surface area contributed by atoms with E-state index in [2.05, 4.69) is 15.2 Å². The summed E-state index contributed by atoms with van der Waals surface area (Å²) in [5.41, 5.74) is 12.4. The third-order valence-corrected chi connectivity index (χ3v) is 7.72. The number of aromatic nitrogens is 2. The van der Waals surface area contributed by atoms with E-state index in [1.54, 1.807) is 35.9 Å². The number of likely N-dealkylation sites (tertiary alicyclic amines) is 1. The first-order chi connectivity index (χ1) is 17.5. The zero-order chi connectivity index (χ0) is 26.5. The van der Waals surface area contributed by atoms with Gasteiger partial charge in [0, 0.05) is 57.5 Å². The molecule has 3 aliphatic rings. The van der Waals surface area contributed by atoms with Crippen molar-refractivity contribution >= 4 is 17.8 Å². The molecule has 1 aromatic carbocycles. The average molecular weight is 509 g/mol. The van der Waals surface area contributed by atoms with E-state index < -0.39 is 11.2 Å². The number of rotatable bonds is 5. The highest BCUT2D eigenvalue weighted by Gasteiger charge is 2.53. The Bertz CT molecular complexity index is 1230. The number of amides is 3. The van der Waals surface area contributed by atoms with Crippen LogP contribution in [0.2, 0.25) is 0 Å². The molecule has 5 N–H and O–H groups in total. The van der Waals surface area contributed by atoms with Gasteiger partial charge < -0.3 is 21.3 Å². The number of carbonyl (C=O) groups is 2. The van der Waals surface area contributed by atoms with Crippen molar-refractivity contribution in [1.82, 2.24) is 24.3 Å². The number of hydrogen-bond acceptors (Lipinski definition) is 7. The molecule has 1 aliphatic carbocycles. The second-order valence-corrected chi connectivity index (χ2v) is 11.2. The summed E-state index contributed by atoms with van der Waals surface area (Å²) in [6, 6.07) is 9.29. The fraction of sp³-hybridized carbons (Fsp3) is 0.538. The molecular weight excluding hydrogens is 472 g/mol. The van der Waals surface area contributed by atoms with E-state index in [4.69, 9.17) is 11.5 Å². The second-order valence-electron chi connectivity index (χ2n) is 11.2. The molecule has 3 heterocycles. The summed E-state index contributed by atoms with van der Waals surface area (Å²) < 4.78 is 1.45. The Balaban J connectivity index is 1.17. The molecular formula is C26H36N8O3. The van der Waals surface area contributed by atoms with Crippen LogP contribution in [0, 0.1) is 11.8 Å².